The van der Waals surface area contributed by atoms with Crippen LogP contribution < -0.4 is 19.7 Å². The van der Waals surface area contributed by atoms with Crippen molar-refractivity contribution in [2.45, 2.75) is 51.0 Å². The van der Waals surface area contributed by atoms with Crippen LogP contribution in [0.15, 0.2) is 39.0 Å². The number of allylic oxidation sites excluding steroid dienone is 1. The maximum Gasteiger partial charge on any atom is 0.323 e. The van der Waals surface area contributed by atoms with E-state index in [9.17, 15) is 19.5 Å². The Hall–Kier alpha value is -2.05. The lowest BCUT2D eigenvalue weighted by Crippen LogP contribution is -2.35. The number of amides is 1. The second kappa shape index (κ2) is 12.2. The highest BCUT2D eigenvalue weighted by molar-refractivity contribution is 8.30. The van der Waals surface area contributed by atoms with Gasteiger partial charge in [0.25, 0.3) is 11.5 Å². The van der Waals surface area contributed by atoms with Crippen molar-refractivity contribution in [3.8, 4) is 0 Å². The number of carboxylic acids is 1. The Morgan fingerprint density at radius 2 is 1.78 bits per heavy atom. The van der Waals surface area contributed by atoms with Gasteiger partial charge in [-0.05, 0) is 43.2 Å². The SMILES string of the molecule is CCCCN1C(=O)C(=c2sc(=CC=C3Sc4ccc(Cl)cc4N3CCCC)c(=O)n2CC(=O)O)SC1=S. The zero-order chi connectivity index (χ0) is 26.7. The molecular formula is C25H26ClN3O4S4. The van der Waals surface area contributed by atoms with Gasteiger partial charge in [-0.25, -0.2) is 0 Å². The van der Waals surface area contributed by atoms with E-state index in [1.165, 1.54) is 4.90 Å². The Labute approximate surface area is 237 Å². The average molecular weight is 596 g/mol. The van der Waals surface area contributed by atoms with Gasteiger partial charge in [-0.15, -0.1) is 11.3 Å². The topological polar surface area (TPSA) is 82.9 Å². The molecule has 1 amide bonds. The van der Waals surface area contributed by atoms with Crippen LogP contribution in [0.25, 0.3) is 11.0 Å². The minimum Gasteiger partial charge on any atom is -0.480 e. The van der Waals surface area contributed by atoms with E-state index in [4.69, 9.17) is 23.8 Å². The van der Waals surface area contributed by atoms with Crippen molar-refractivity contribution in [1.82, 2.24) is 9.47 Å². The summed E-state index contributed by atoms with van der Waals surface area (Å²) in [4.78, 5) is 43.1. The van der Waals surface area contributed by atoms with Gasteiger partial charge in [-0.3, -0.25) is 23.9 Å². The number of fused-ring (bicyclic) bond motifs is 1. The predicted octanol–water partition coefficient (Wildman–Crippen LogP) is 4.45. The molecule has 0 saturated carbocycles. The lowest BCUT2D eigenvalue weighted by Gasteiger charge is -2.20. The third kappa shape index (κ3) is 6.01. The van der Waals surface area contributed by atoms with Crippen molar-refractivity contribution in [2.75, 3.05) is 18.0 Å². The van der Waals surface area contributed by atoms with Gasteiger partial charge in [-0.1, -0.05) is 74.0 Å². The third-order valence-electron chi connectivity index (χ3n) is 5.78. The Bertz CT molecular complexity index is 1460. The first-order valence-corrected chi connectivity index (χ1v) is 15.1. The van der Waals surface area contributed by atoms with Crippen LogP contribution >= 0.6 is 58.7 Å². The van der Waals surface area contributed by atoms with Gasteiger partial charge in [0.1, 0.15) is 20.4 Å². The van der Waals surface area contributed by atoms with E-state index in [-0.39, 0.29) is 5.91 Å². The number of anilines is 1. The number of thiazole rings is 1. The van der Waals surface area contributed by atoms with Crippen LogP contribution in [0.4, 0.5) is 5.69 Å². The van der Waals surface area contributed by atoms with Gasteiger partial charge in [0, 0.05) is 23.0 Å². The second-order valence-corrected chi connectivity index (χ2v) is 12.6. The number of carboxylic acid groups (broad SMARTS) is 1. The zero-order valence-electron chi connectivity index (χ0n) is 20.4. The maximum absolute atomic E-state index is 13.3. The third-order valence-corrected chi connectivity index (χ3v) is 9.87. The molecule has 12 heteroatoms. The van der Waals surface area contributed by atoms with Gasteiger partial charge in [0.05, 0.1) is 15.2 Å². The van der Waals surface area contributed by atoms with Crippen molar-refractivity contribution in [3.05, 3.63) is 53.9 Å². The number of rotatable bonds is 9. The molecule has 1 aromatic heterocycles. The normalized spacial score (nSPS) is 18.5. The van der Waals surface area contributed by atoms with Crippen LogP contribution in [-0.4, -0.2) is 43.9 Å². The van der Waals surface area contributed by atoms with Crippen LogP contribution in [0.2, 0.25) is 5.02 Å². The number of thiocarbonyl (C=S) groups is 1. The number of carbonyl (C=O) groups is 2. The van der Waals surface area contributed by atoms with E-state index in [2.05, 4.69) is 11.8 Å². The molecule has 0 aliphatic carbocycles. The summed E-state index contributed by atoms with van der Waals surface area (Å²) in [5.41, 5.74) is 0.590. The number of benzene rings is 1. The monoisotopic (exact) mass is 595 g/mol. The van der Waals surface area contributed by atoms with Crippen LogP contribution in [-0.2, 0) is 16.1 Å². The number of hydrogen-bond acceptors (Lipinski definition) is 8. The Morgan fingerprint density at radius 3 is 2.46 bits per heavy atom. The number of hydrogen-bond donors (Lipinski definition) is 1. The molecule has 3 heterocycles. The summed E-state index contributed by atoms with van der Waals surface area (Å²) in [6.07, 6.45) is 7.32. The molecule has 0 unspecified atom stereocenters. The highest BCUT2D eigenvalue weighted by Gasteiger charge is 2.34. The van der Waals surface area contributed by atoms with Crippen molar-refractivity contribution >= 4 is 91.5 Å². The molecule has 196 valence electrons. The lowest BCUT2D eigenvalue weighted by atomic mass is 10.2. The summed E-state index contributed by atoms with van der Waals surface area (Å²) in [7, 11) is 0. The predicted molar refractivity (Wildman–Crippen MR) is 158 cm³/mol. The zero-order valence-corrected chi connectivity index (χ0v) is 24.4. The van der Waals surface area contributed by atoms with Gasteiger partial charge in [0.2, 0.25) is 0 Å². The smallest absolute Gasteiger partial charge is 0.323 e. The fraction of sp³-hybridized carbons (Fsp3) is 0.360. The van der Waals surface area contributed by atoms with Gasteiger partial charge in [0.15, 0.2) is 0 Å². The molecule has 2 aliphatic rings. The van der Waals surface area contributed by atoms with Gasteiger partial charge < -0.3 is 10.0 Å². The molecule has 0 radical (unpaired) electrons. The molecule has 4 rings (SSSR count). The molecule has 7 nitrogen and oxygen atoms in total. The number of carbonyl (C=O) groups excluding carboxylic acids is 1. The van der Waals surface area contributed by atoms with E-state index >= 15 is 0 Å². The van der Waals surface area contributed by atoms with Crippen LogP contribution in [0.3, 0.4) is 0 Å². The second-order valence-electron chi connectivity index (χ2n) is 8.45. The number of unbranched alkanes of at least 4 members (excludes halogenated alkanes) is 2. The van der Waals surface area contributed by atoms with Crippen molar-refractivity contribution in [2.24, 2.45) is 0 Å². The number of halogens is 1. The summed E-state index contributed by atoms with van der Waals surface area (Å²) in [6, 6.07) is 5.78. The summed E-state index contributed by atoms with van der Waals surface area (Å²) < 4.78 is 2.27. The largest absolute Gasteiger partial charge is 0.480 e. The number of nitrogens with zero attached hydrogens (tertiary/aromatic N) is 3. The standard InChI is InChI=1S/C25H26ClN3O4S4/c1-3-5-11-27-16-13-15(26)7-8-17(16)35-19(27)10-9-18-22(32)29(14-20(30)31)24(36-18)21-23(33)28(12-6-4-2)25(34)37-21/h7-10,13H,3-6,11-12,14H2,1-2H3,(H,30,31). The van der Waals surface area contributed by atoms with Crippen LogP contribution in [0.5, 0.6) is 0 Å². The average Bonchev–Trinajstić information content (AvgIpc) is 3.45. The maximum atomic E-state index is 13.3. The number of thioether (sulfide) groups is 2. The summed E-state index contributed by atoms with van der Waals surface area (Å²) in [5, 5.41) is 11.1. The van der Waals surface area contributed by atoms with Crippen LogP contribution in [0, 0.1) is 0 Å². The van der Waals surface area contributed by atoms with E-state index < -0.39 is 18.1 Å². The molecule has 2 aliphatic heterocycles. The van der Waals surface area contributed by atoms with E-state index in [0.717, 1.165) is 75.5 Å². The Morgan fingerprint density at radius 1 is 1.08 bits per heavy atom. The molecule has 0 atom stereocenters. The minimum atomic E-state index is -1.16. The lowest BCUT2D eigenvalue weighted by molar-refractivity contribution is -0.137. The first kappa shape index (κ1) is 28.0. The molecule has 0 spiro atoms. The van der Waals surface area contributed by atoms with Crippen LogP contribution in [0.1, 0.15) is 39.5 Å². The number of aromatic nitrogens is 1. The van der Waals surface area contributed by atoms with E-state index in [1.807, 2.05) is 31.2 Å². The first-order chi connectivity index (χ1) is 17.7. The molecule has 1 fully saturated rings. The number of aliphatic carboxylic acids is 1. The molecule has 2 aromatic rings. The Kier molecular flexibility index (Phi) is 9.23. The first-order valence-electron chi connectivity index (χ1n) is 11.9. The van der Waals surface area contributed by atoms with Crippen molar-refractivity contribution < 1.29 is 14.7 Å². The quantitative estimate of drug-likeness (QED) is 0.426. The molecule has 1 N–H and O–H groups in total. The molecule has 1 aromatic carbocycles. The fourth-order valence-corrected chi connectivity index (χ4v) is 7.65. The van der Waals surface area contributed by atoms with E-state index in [0.29, 0.717) is 30.0 Å². The molecular weight excluding hydrogens is 570 g/mol. The molecule has 37 heavy (non-hydrogen) atoms. The highest BCUT2D eigenvalue weighted by atomic mass is 35.5. The molecule has 0 bridgehead atoms. The summed E-state index contributed by atoms with van der Waals surface area (Å²) in [6.45, 7) is 4.93. The van der Waals surface area contributed by atoms with E-state index in [1.54, 1.807) is 17.8 Å². The fourth-order valence-electron chi connectivity index (χ4n) is 3.91. The molecule has 1 saturated heterocycles. The highest BCUT2D eigenvalue weighted by Crippen LogP contribution is 2.47. The summed E-state index contributed by atoms with van der Waals surface area (Å²) >= 11 is 15.5. The summed E-state index contributed by atoms with van der Waals surface area (Å²) in [5.74, 6) is -1.44. The van der Waals surface area contributed by atoms with Crippen molar-refractivity contribution in [3.63, 3.8) is 0 Å². The van der Waals surface area contributed by atoms with Gasteiger partial charge in [-0.2, -0.15) is 0 Å². The van der Waals surface area contributed by atoms with Crippen molar-refractivity contribution in [1.29, 1.82) is 0 Å². The van der Waals surface area contributed by atoms with Gasteiger partial charge >= 0.3 is 5.97 Å². The minimum absolute atomic E-state index is 0.279. The Balaban J connectivity index is 1.80.